The number of hydrogen-bond acceptors (Lipinski definition) is 7. The number of hydrogen-bond donors (Lipinski definition) is 0. The molecular weight excluding hydrogens is 390 g/mol. The lowest BCUT2D eigenvalue weighted by Crippen LogP contribution is -2.44. The van der Waals surface area contributed by atoms with E-state index in [0.29, 0.717) is 44.2 Å². The van der Waals surface area contributed by atoms with Gasteiger partial charge in [0.2, 0.25) is 5.95 Å². The van der Waals surface area contributed by atoms with Crippen LogP contribution in [-0.2, 0) is 14.6 Å². The molecule has 0 bridgehead atoms. The minimum absolute atomic E-state index is 0.152. The van der Waals surface area contributed by atoms with Gasteiger partial charge in [-0.25, -0.2) is 18.4 Å². The number of fused-ring (bicyclic) bond motifs is 1. The highest BCUT2D eigenvalue weighted by Crippen LogP contribution is 2.35. The lowest BCUT2D eigenvalue weighted by molar-refractivity contribution is 0.0985. The topological polar surface area (TPSA) is 90.2 Å². The third-order valence-electron chi connectivity index (χ3n) is 5.71. The molecule has 0 spiro atoms. The quantitative estimate of drug-likeness (QED) is 0.651. The van der Waals surface area contributed by atoms with E-state index >= 15 is 0 Å². The highest BCUT2D eigenvalue weighted by atomic mass is 32.2. The van der Waals surface area contributed by atoms with Crippen LogP contribution in [0.1, 0.15) is 30.7 Å². The maximum atomic E-state index is 12.6. The molecule has 8 nitrogen and oxygen atoms in total. The molecular formula is C20H23N5O3S. The summed E-state index contributed by atoms with van der Waals surface area (Å²) in [5.74, 6) is 1.40. The van der Waals surface area contributed by atoms with E-state index in [1.54, 1.807) is 6.33 Å². The number of ether oxygens (including phenoxy) is 1. The summed E-state index contributed by atoms with van der Waals surface area (Å²) in [5.41, 5.74) is 2.30. The fraction of sp³-hybridized carbons (Fsp3) is 0.450. The average molecular weight is 414 g/mol. The summed E-state index contributed by atoms with van der Waals surface area (Å²) in [4.78, 5) is 16.1. The molecule has 3 aromatic rings. The molecule has 5 rings (SSSR count). The van der Waals surface area contributed by atoms with Crippen molar-refractivity contribution in [1.82, 2.24) is 19.5 Å². The fourth-order valence-corrected chi connectivity index (χ4v) is 6.04. The molecule has 2 aliphatic heterocycles. The smallest absolute Gasteiger partial charge is 0.237 e. The van der Waals surface area contributed by atoms with Gasteiger partial charge in [0, 0.05) is 12.6 Å². The monoisotopic (exact) mass is 413 g/mol. The van der Waals surface area contributed by atoms with Crippen molar-refractivity contribution in [2.24, 2.45) is 0 Å². The van der Waals surface area contributed by atoms with Crippen molar-refractivity contribution < 1.29 is 13.2 Å². The van der Waals surface area contributed by atoms with E-state index in [0.717, 1.165) is 16.9 Å². The van der Waals surface area contributed by atoms with Gasteiger partial charge in [0.15, 0.2) is 9.84 Å². The maximum Gasteiger partial charge on any atom is 0.237 e. The summed E-state index contributed by atoms with van der Waals surface area (Å²) in [6.45, 7) is 4.03. The zero-order valence-electron chi connectivity index (χ0n) is 16.2. The van der Waals surface area contributed by atoms with Gasteiger partial charge in [-0.3, -0.25) is 4.57 Å². The number of aromatic nitrogens is 4. The van der Waals surface area contributed by atoms with Crippen molar-refractivity contribution in [3.63, 3.8) is 0 Å². The fourth-order valence-electron chi connectivity index (χ4n) is 4.17. The van der Waals surface area contributed by atoms with Crippen LogP contribution >= 0.6 is 0 Å². The number of anilines is 1. The number of imidazole rings is 1. The second-order valence-corrected chi connectivity index (χ2v) is 9.97. The van der Waals surface area contributed by atoms with E-state index in [-0.39, 0.29) is 11.8 Å². The number of sulfone groups is 1. The Morgan fingerprint density at radius 3 is 2.86 bits per heavy atom. The van der Waals surface area contributed by atoms with E-state index in [4.69, 9.17) is 14.7 Å². The lowest BCUT2D eigenvalue weighted by atomic mass is 10.2. The predicted molar refractivity (Wildman–Crippen MR) is 110 cm³/mol. The normalized spacial score (nSPS) is 24.2. The third-order valence-corrected chi connectivity index (χ3v) is 7.91. The molecule has 0 aliphatic carbocycles. The van der Waals surface area contributed by atoms with Crippen LogP contribution in [0.5, 0.6) is 0 Å². The number of rotatable bonds is 3. The zero-order chi connectivity index (χ0) is 20.0. The molecule has 29 heavy (non-hydrogen) atoms. The van der Waals surface area contributed by atoms with Crippen molar-refractivity contribution in [3.8, 4) is 5.95 Å². The van der Waals surface area contributed by atoms with Crippen molar-refractivity contribution in [1.29, 1.82) is 0 Å². The number of nitrogens with zero attached hydrogens (tertiary/aromatic N) is 5. The molecule has 2 atom stereocenters. The Labute approximate surface area is 169 Å². The van der Waals surface area contributed by atoms with Crippen LogP contribution in [0.15, 0.2) is 36.7 Å². The Balaban J connectivity index is 1.68. The second-order valence-electron chi connectivity index (χ2n) is 7.67. The van der Waals surface area contributed by atoms with Crippen LogP contribution in [0.2, 0.25) is 0 Å². The van der Waals surface area contributed by atoms with E-state index in [9.17, 15) is 8.42 Å². The number of morpholine rings is 1. The van der Waals surface area contributed by atoms with Gasteiger partial charge in [0.05, 0.1) is 41.7 Å². The second kappa shape index (κ2) is 7.07. The molecule has 0 saturated carbocycles. The summed E-state index contributed by atoms with van der Waals surface area (Å²) in [5, 5.41) is -0.575. The standard InChI is InChI=1S/C20H23N5O3S/c1-14-12-28-9-8-24(14)19-11-16(18-7-4-10-29(18,26)27)22-20(23-19)25-13-21-15-5-2-3-6-17(15)25/h2-3,5-6,11,13-14,18H,4,7-10,12H2,1H3/t14-,18?/m1/s1. The molecule has 2 saturated heterocycles. The summed E-state index contributed by atoms with van der Waals surface area (Å²) in [6, 6.07) is 9.76. The summed E-state index contributed by atoms with van der Waals surface area (Å²) in [6.07, 6.45) is 2.96. The molecule has 2 aliphatic rings. The lowest BCUT2D eigenvalue weighted by Gasteiger charge is -2.34. The van der Waals surface area contributed by atoms with Gasteiger partial charge in [-0.2, -0.15) is 4.98 Å². The van der Waals surface area contributed by atoms with Crippen LogP contribution in [0, 0.1) is 0 Å². The highest BCUT2D eigenvalue weighted by Gasteiger charge is 2.35. The van der Waals surface area contributed by atoms with E-state index in [1.807, 2.05) is 34.9 Å². The minimum atomic E-state index is -3.19. The van der Waals surface area contributed by atoms with Crippen LogP contribution in [0.3, 0.4) is 0 Å². The SMILES string of the molecule is C[C@@H]1COCCN1c1cc(C2CCCS2(=O)=O)nc(-n2cnc3ccccc32)n1. The molecule has 2 fully saturated rings. The molecule has 152 valence electrons. The summed E-state index contributed by atoms with van der Waals surface area (Å²) in [7, 11) is -3.19. The molecule has 1 unspecified atom stereocenters. The van der Waals surface area contributed by atoms with Gasteiger partial charge in [-0.15, -0.1) is 0 Å². The first kappa shape index (κ1) is 18.5. The molecule has 0 amide bonds. The Morgan fingerprint density at radius 1 is 1.21 bits per heavy atom. The molecule has 0 radical (unpaired) electrons. The Kier molecular flexibility index (Phi) is 4.51. The predicted octanol–water partition coefficient (Wildman–Crippen LogP) is 2.29. The summed E-state index contributed by atoms with van der Waals surface area (Å²) < 4.78 is 32.6. The maximum absolute atomic E-state index is 12.6. The minimum Gasteiger partial charge on any atom is -0.377 e. The Morgan fingerprint density at radius 2 is 2.07 bits per heavy atom. The van der Waals surface area contributed by atoms with Crippen LogP contribution in [0.25, 0.3) is 17.0 Å². The van der Waals surface area contributed by atoms with Crippen LogP contribution in [-0.4, -0.2) is 59.5 Å². The van der Waals surface area contributed by atoms with Gasteiger partial charge in [-0.1, -0.05) is 12.1 Å². The Bertz CT molecular complexity index is 1160. The Hall–Kier alpha value is -2.52. The average Bonchev–Trinajstić information content (AvgIpc) is 3.30. The molecule has 9 heteroatoms. The van der Waals surface area contributed by atoms with Gasteiger partial charge < -0.3 is 9.64 Å². The first-order chi connectivity index (χ1) is 14.0. The van der Waals surface area contributed by atoms with E-state index in [2.05, 4.69) is 16.8 Å². The van der Waals surface area contributed by atoms with Gasteiger partial charge in [0.1, 0.15) is 17.4 Å². The molecule has 2 aromatic heterocycles. The van der Waals surface area contributed by atoms with Crippen molar-refractivity contribution >= 4 is 26.7 Å². The van der Waals surface area contributed by atoms with Gasteiger partial charge in [-0.05, 0) is 31.9 Å². The van der Waals surface area contributed by atoms with Crippen molar-refractivity contribution in [2.45, 2.75) is 31.1 Å². The number of para-hydroxylation sites is 2. The third kappa shape index (κ3) is 3.28. The van der Waals surface area contributed by atoms with Crippen LogP contribution in [0.4, 0.5) is 5.82 Å². The molecule has 1 aromatic carbocycles. The molecule has 4 heterocycles. The van der Waals surface area contributed by atoms with Gasteiger partial charge >= 0.3 is 0 Å². The molecule has 0 N–H and O–H groups in total. The highest BCUT2D eigenvalue weighted by molar-refractivity contribution is 7.91. The van der Waals surface area contributed by atoms with Crippen LogP contribution < -0.4 is 4.90 Å². The van der Waals surface area contributed by atoms with E-state index in [1.165, 1.54) is 0 Å². The van der Waals surface area contributed by atoms with Crippen molar-refractivity contribution in [2.75, 3.05) is 30.4 Å². The summed E-state index contributed by atoms with van der Waals surface area (Å²) >= 11 is 0. The zero-order valence-corrected chi connectivity index (χ0v) is 17.0. The van der Waals surface area contributed by atoms with E-state index < -0.39 is 15.1 Å². The van der Waals surface area contributed by atoms with Crippen molar-refractivity contribution in [3.05, 3.63) is 42.4 Å². The number of benzene rings is 1. The first-order valence-corrected chi connectivity index (χ1v) is 11.6. The largest absolute Gasteiger partial charge is 0.377 e. The first-order valence-electron chi connectivity index (χ1n) is 9.90. The van der Waals surface area contributed by atoms with Gasteiger partial charge in [0.25, 0.3) is 0 Å².